The fourth-order valence-corrected chi connectivity index (χ4v) is 3.79. The van der Waals surface area contributed by atoms with Crippen LogP contribution < -0.4 is 10.1 Å². The van der Waals surface area contributed by atoms with E-state index in [2.05, 4.69) is 5.32 Å². The highest BCUT2D eigenvalue weighted by Crippen LogP contribution is 2.32. The molecule has 9 heteroatoms. The van der Waals surface area contributed by atoms with E-state index in [0.717, 1.165) is 22.2 Å². The number of anilines is 1. The molecule has 34 heavy (non-hydrogen) atoms. The summed E-state index contributed by atoms with van der Waals surface area (Å²) in [4.78, 5) is 49.8. The maximum absolute atomic E-state index is 12.5. The third-order valence-corrected chi connectivity index (χ3v) is 5.50. The lowest BCUT2D eigenvalue weighted by molar-refractivity contribution is -0.147. The molecule has 3 rings (SSSR count). The van der Waals surface area contributed by atoms with Crippen molar-refractivity contribution in [2.24, 2.45) is 5.92 Å². The Morgan fingerprint density at radius 2 is 1.85 bits per heavy atom. The Hall–Kier alpha value is -3.59. The van der Waals surface area contributed by atoms with Crippen molar-refractivity contribution in [1.29, 1.82) is 0 Å². The first-order chi connectivity index (χ1) is 16.2. The molecule has 2 aromatic rings. The van der Waals surface area contributed by atoms with E-state index in [4.69, 9.17) is 9.47 Å². The van der Waals surface area contributed by atoms with Crippen LogP contribution in [0.25, 0.3) is 6.08 Å². The van der Waals surface area contributed by atoms with E-state index in [1.54, 1.807) is 36.4 Å². The van der Waals surface area contributed by atoms with Gasteiger partial charge < -0.3 is 14.8 Å². The first kappa shape index (κ1) is 25.0. The maximum Gasteiger partial charge on any atom is 0.326 e. The maximum atomic E-state index is 12.5. The van der Waals surface area contributed by atoms with Gasteiger partial charge in [0, 0.05) is 5.69 Å². The second-order valence-electron chi connectivity index (χ2n) is 8.12. The van der Waals surface area contributed by atoms with Crippen molar-refractivity contribution in [1.82, 2.24) is 4.90 Å². The smallest absolute Gasteiger partial charge is 0.326 e. The van der Waals surface area contributed by atoms with Crippen LogP contribution in [-0.4, -0.2) is 47.7 Å². The number of aryl methyl sites for hydroxylation is 1. The Morgan fingerprint density at radius 1 is 1.12 bits per heavy atom. The first-order valence-electron chi connectivity index (χ1n) is 10.7. The summed E-state index contributed by atoms with van der Waals surface area (Å²) >= 11 is 0.770. The molecule has 2 aromatic carbocycles. The molecule has 0 unspecified atom stereocenters. The van der Waals surface area contributed by atoms with E-state index in [1.807, 2.05) is 39.0 Å². The van der Waals surface area contributed by atoms with Gasteiger partial charge in [0.2, 0.25) is 0 Å². The number of hydrogen-bond donors (Lipinski definition) is 1. The number of carbonyl (C=O) groups is 4. The summed E-state index contributed by atoms with van der Waals surface area (Å²) in [5.41, 5.74) is 2.41. The number of imide groups is 1. The molecule has 0 aromatic heterocycles. The van der Waals surface area contributed by atoms with Crippen molar-refractivity contribution in [3.63, 3.8) is 0 Å². The molecular weight excluding hydrogens is 456 g/mol. The first-order valence-corrected chi connectivity index (χ1v) is 11.5. The highest BCUT2D eigenvalue weighted by atomic mass is 32.2. The number of rotatable bonds is 9. The van der Waals surface area contributed by atoms with Crippen molar-refractivity contribution < 1.29 is 28.7 Å². The summed E-state index contributed by atoms with van der Waals surface area (Å²) < 4.78 is 10.6. The van der Waals surface area contributed by atoms with Crippen LogP contribution in [0.1, 0.15) is 25.0 Å². The fraction of sp³-hybridized carbons (Fsp3) is 0.280. The zero-order valence-electron chi connectivity index (χ0n) is 19.2. The van der Waals surface area contributed by atoms with Crippen LogP contribution in [0.5, 0.6) is 5.75 Å². The van der Waals surface area contributed by atoms with Gasteiger partial charge in [-0.3, -0.25) is 24.1 Å². The molecule has 1 N–H and O–H groups in total. The Labute approximate surface area is 202 Å². The number of esters is 1. The summed E-state index contributed by atoms with van der Waals surface area (Å²) in [6.07, 6.45) is 1.57. The standard InChI is InChI=1S/C25H26N2O6S/c1-16(2)14-33-23(29)13-27-24(30)21(34-25(27)31)12-18-7-9-20(10-8-18)32-15-22(28)26-19-6-4-5-17(3)11-19/h4-12,16H,13-15H2,1-3H3,(H,26,28)/b21-12+. The fourth-order valence-electron chi connectivity index (χ4n) is 2.95. The second kappa shape index (κ2) is 11.5. The van der Waals surface area contributed by atoms with E-state index in [9.17, 15) is 19.2 Å². The average Bonchev–Trinajstić information content (AvgIpc) is 3.04. The molecule has 1 heterocycles. The SMILES string of the molecule is Cc1cccc(NC(=O)COc2ccc(/C=C3/SC(=O)N(CC(=O)OCC(C)C)C3=O)cc2)c1. The number of nitrogens with zero attached hydrogens (tertiary/aromatic N) is 1. The monoisotopic (exact) mass is 482 g/mol. The molecule has 1 saturated heterocycles. The zero-order valence-corrected chi connectivity index (χ0v) is 20.0. The van der Waals surface area contributed by atoms with E-state index >= 15 is 0 Å². The molecule has 8 nitrogen and oxygen atoms in total. The molecule has 0 radical (unpaired) electrons. The molecule has 0 aliphatic carbocycles. The third-order valence-electron chi connectivity index (χ3n) is 4.59. The minimum atomic E-state index is -0.620. The van der Waals surface area contributed by atoms with E-state index in [0.29, 0.717) is 17.0 Å². The number of nitrogens with one attached hydrogen (secondary N) is 1. The van der Waals surface area contributed by atoms with Gasteiger partial charge in [-0.15, -0.1) is 0 Å². The Morgan fingerprint density at radius 3 is 2.53 bits per heavy atom. The predicted octanol–water partition coefficient (Wildman–Crippen LogP) is 4.25. The molecule has 1 fully saturated rings. The third kappa shape index (κ3) is 7.21. The number of amides is 3. The van der Waals surface area contributed by atoms with Gasteiger partial charge in [-0.25, -0.2) is 0 Å². The van der Waals surface area contributed by atoms with Crippen molar-refractivity contribution in [3.8, 4) is 5.75 Å². The van der Waals surface area contributed by atoms with Crippen LogP contribution >= 0.6 is 11.8 Å². The minimum absolute atomic E-state index is 0.154. The van der Waals surface area contributed by atoms with Crippen molar-refractivity contribution in [2.75, 3.05) is 25.1 Å². The topological polar surface area (TPSA) is 102 Å². The number of ether oxygens (including phenoxy) is 2. The molecule has 3 amide bonds. The summed E-state index contributed by atoms with van der Waals surface area (Å²) in [6.45, 7) is 5.40. The number of hydrogen-bond acceptors (Lipinski definition) is 7. The van der Waals surface area contributed by atoms with E-state index in [1.165, 1.54) is 0 Å². The van der Waals surface area contributed by atoms with Crippen LogP contribution in [0.4, 0.5) is 10.5 Å². The second-order valence-corrected chi connectivity index (χ2v) is 9.11. The Bertz CT molecular complexity index is 1110. The van der Waals surface area contributed by atoms with Crippen LogP contribution in [0.3, 0.4) is 0 Å². The molecule has 0 saturated carbocycles. The number of thioether (sulfide) groups is 1. The van der Waals surface area contributed by atoms with Crippen molar-refractivity contribution >= 4 is 46.5 Å². The summed E-state index contributed by atoms with van der Waals surface area (Å²) in [6, 6.07) is 14.2. The normalized spacial score (nSPS) is 14.6. The van der Waals surface area contributed by atoms with Gasteiger partial charge in [0.25, 0.3) is 17.1 Å². The average molecular weight is 483 g/mol. The Balaban J connectivity index is 1.53. The van der Waals surface area contributed by atoms with Crippen molar-refractivity contribution in [2.45, 2.75) is 20.8 Å². The molecule has 1 aliphatic rings. The lowest BCUT2D eigenvalue weighted by Crippen LogP contribution is -2.34. The largest absolute Gasteiger partial charge is 0.484 e. The highest BCUT2D eigenvalue weighted by Gasteiger charge is 2.36. The van der Waals surface area contributed by atoms with Crippen LogP contribution in [0.2, 0.25) is 0 Å². The van der Waals surface area contributed by atoms with Gasteiger partial charge >= 0.3 is 5.97 Å². The van der Waals surface area contributed by atoms with E-state index < -0.39 is 23.7 Å². The highest BCUT2D eigenvalue weighted by molar-refractivity contribution is 8.18. The van der Waals surface area contributed by atoms with Gasteiger partial charge in [0.1, 0.15) is 12.3 Å². The Kier molecular flexibility index (Phi) is 8.48. The quantitative estimate of drug-likeness (QED) is 0.421. The molecule has 1 aliphatic heterocycles. The minimum Gasteiger partial charge on any atom is -0.484 e. The molecule has 0 atom stereocenters. The van der Waals surface area contributed by atoms with Gasteiger partial charge in [-0.1, -0.05) is 38.1 Å². The summed E-state index contributed by atoms with van der Waals surface area (Å²) in [5.74, 6) is -0.795. The molecule has 178 valence electrons. The van der Waals surface area contributed by atoms with Crippen LogP contribution in [0, 0.1) is 12.8 Å². The summed E-state index contributed by atoms with van der Waals surface area (Å²) in [5, 5.41) is 2.25. The molecule has 0 spiro atoms. The van der Waals surface area contributed by atoms with Gasteiger partial charge in [0.05, 0.1) is 11.5 Å². The van der Waals surface area contributed by atoms with Crippen LogP contribution in [0.15, 0.2) is 53.4 Å². The lowest BCUT2D eigenvalue weighted by atomic mass is 10.2. The molecular formula is C25H26N2O6S. The van der Waals surface area contributed by atoms with Gasteiger partial charge in [-0.05, 0) is 66.1 Å². The predicted molar refractivity (Wildman–Crippen MR) is 130 cm³/mol. The van der Waals surface area contributed by atoms with Crippen molar-refractivity contribution in [3.05, 3.63) is 64.6 Å². The van der Waals surface area contributed by atoms with Gasteiger partial charge in [-0.2, -0.15) is 0 Å². The molecule has 0 bridgehead atoms. The number of benzene rings is 2. The summed E-state index contributed by atoms with van der Waals surface area (Å²) in [7, 11) is 0. The number of carbonyl (C=O) groups excluding carboxylic acids is 4. The zero-order chi connectivity index (χ0) is 24.7. The lowest BCUT2D eigenvalue weighted by Gasteiger charge is -2.12. The van der Waals surface area contributed by atoms with E-state index in [-0.39, 0.29) is 29.9 Å². The van der Waals surface area contributed by atoms with Gasteiger partial charge in [0.15, 0.2) is 6.61 Å². The van der Waals surface area contributed by atoms with Crippen LogP contribution in [-0.2, 0) is 19.1 Å².